The number of carbonyl (C=O) groups excluding carboxylic acids is 1. The van der Waals surface area contributed by atoms with Crippen molar-refractivity contribution >= 4 is 6.09 Å². The van der Waals surface area contributed by atoms with Gasteiger partial charge in [-0.1, -0.05) is 30.3 Å². The van der Waals surface area contributed by atoms with Crippen molar-refractivity contribution < 1.29 is 14.6 Å². The molecule has 0 aliphatic carbocycles. The van der Waals surface area contributed by atoms with Crippen molar-refractivity contribution in [3.8, 4) is 0 Å². The Hall–Kier alpha value is -1.59. The summed E-state index contributed by atoms with van der Waals surface area (Å²) in [6, 6.07) is 10.4. The Morgan fingerprint density at radius 1 is 1.30 bits per heavy atom. The summed E-state index contributed by atoms with van der Waals surface area (Å²) in [5.41, 5.74) is 0.722. The van der Waals surface area contributed by atoms with Gasteiger partial charge in [0.15, 0.2) is 0 Å². The molecule has 1 aromatic rings. The summed E-state index contributed by atoms with van der Waals surface area (Å²) in [5, 5.41) is 12.6. The number of aliphatic hydroxyl groups is 1. The zero-order valence-electron chi connectivity index (χ0n) is 14.3. The molecule has 0 spiro atoms. The number of likely N-dealkylation sites (tertiary alicyclic amines) is 1. The molecule has 0 unspecified atom stereocenters. The fourth-order valence-electron chi connectivity index (χ4n) is 2.91. The van der Waals surface area contributed by atoms with Crippen LogP contribution in [-0.4, -0.2) is 46.9 Å². The maximum Gasteiger partial charge on any atom is 0.407 e. The van der Waals surface area contributed by atoms with E-state index in [1.807, 2.05) is 39.0 Å². The van der Waals surface area contributed by atoms with Crippen LogP contribution in [0.15, 0.2) is 30.3 Å². The highest BCUT2D eigenvalue weighted by Gasteiger charge is 2.29. The maximum atomic E-state index is 11.9. The van der Waals surface area contributed by atoms with Gasteiger partial charge in [-0.25, -0.2) is 4.79 Å². The van der Waals surface area contributed by atoms with Gasteiger partial charge in [-0.05, 0) is 39.2 Å². The quantitative estimate of drug-likeness (QED) is 0.895. The molecule has 1 aliphatic heterocycles. The first-order valence-corrected chi connectivity index (χ1v) is 8.26. The lowest BCUT2D eigenvalue weighted by atomic mass is 9.98. The SMILES string of the molecule is CC(C)(C)OC(=O)N[C@H]1CC[C@H](CO)N(Cc2ccccc2)C1. The average molecular weight is 320 g/mol. The van der Waals surface area contributed by atoms with Crippen molar-refractivity contribution in [1.82, 2.24) is 10.2 Å². The normalized spacial score (nSPS) is 22.6. The number of alkyl carbamates (subject to hydrolysis) is 1. The number of aliphatic hydroxyl groups excluding tert-OH is 1. The van der Waals surface area contributed by atoms with Gasteiger partial charge in [-0.3, -0.25) is 4.90 Å². The molecule has 2 N–H and O–H groups in total. The molecule has 2 rings (SSSR count). The predicted molar refractivity (Wildman–Crippen MR) is 90.1 cm³/mol. The van der Waals surface area contributed by atoms with Crippen LogP contribution in [0.3, 0.4) is 0 Å². The lowest BCUT2D eigenvalue weighted by Crippen LogP contribution is -2.53. The van der Waals surface area contributed by atoms with Crippen molar-refractivity contribution in [1.29, 1.82) is 0 Å². The van der Waals surface area contributed by atoms with E-state index < -0.39 is 5.60 Å². The molecule has 23 heavy (non-hydrogen) atoms. The topological polar surface area (TPSA) is 61.8 Å². The Labute approximate surface area is 138 Å². The van der Waals surface area contributed by atoms with Crippen LogP contribution >= 0.6 is 0 Å². The van der Waals surface area contributed by atoms with E-state index in [1.54, 1.807) is 0 Å². The molecule has 0 radical (unpaired) electrons. The van der Waals surface area contributed by atoms with Crippen molar-refractivity contribution in [2.75, 3.05) is 13.2 Å². The zero-order chi connectivity index (χ0) is 16.9. The van der Waals surface area contributed by atoms with Gasteiger partial charge in [0, 0.05) is 25.2 Å². The van der Waals surface area contributed by atoms with Gasteiger partial charge in [0.1, 0.15) is 5.60 Å². The molecule has 0 saturated carbocycles. The molecule has 1 saturated heterocycles. The Morgan fingerprint density at radius 2 is 2.00 bits per heavy atom. The minimum Gasteiger partial charge on any atom is -0.444 e. The predicted octanol–water partition coefficient (Wildman–Crippen LogP) is 2.54. The van der Waals surface area contributed by atoms with Crippen LogP contribution in [0.2, 0.25) is 0 Å². The largest absolute Gasteiger partial charge is 0.444 e. The summed E-state index contributed by atoms with van der Waals surface area (Å²) in [6.07, 6.45) is 1.35. The van der Waals surface area contributed by atoms with E-state index in [9.17, 15) is 9.90 Å². The second-order valence-electron chi connectivity index (χ2n) is 7.17. The molecule has 2 atom stereocenters. The van der Waals surface area contributed by atoms with Gasteiger partial charge in [0.25, 0.3) is 0 Å². The number of ether oxygens (including phenoxy) is 1. The standard InChI is InChI=1S/C18H28N2O3/c1-18(2,3)23-17(22)19-15-9-10-16(13-21)20(12-15)11-14-7-5-4-6-8-14/h4-8,15-16,21H,9-13H2,1-3H3,(H,19,22)/t15-,16+/m0/s1. The molecule has 1 fully saturated rings. The van der Waals surface area contributed by atoms with Gasteiger partial charge in [0.05, 0.1) is 6.61 Å². The van der Waals surface area contributed by atoms with Gasteiger partial charge in [-0.2, -0.15) is 0 Å². The van der Waals surface area contributed by atoms with Crippen LogP contribution in [0.4, 0.5) is 4.79 Å². The zero-order valence-corrected chi connectivity index (χ0v) is 14.3. The third-order valence-electron chi connectivity index (χ3n) is 3.98. The first-order chi connectivity index (χ1) is 10.9. The molecule has 0 bridgehead atoms. The van der Waals surface area contributed by atoms with Crippen LogP contribution < -0.4 is 5.32 Å². The van der Waals surface area contributed by atoms with Crippen molar-refractivity contribution in [2.24, 2.45) is 0 Å². The monoisotopic (exact) mass is 320 g/mol. The first-order valence-electron chi connectivity index (χ1n) is 8.26. The second kappa shape index (κ2) is 7.79. The molecule has 128 valence electrons. The van der Waals surface area contributed by atoms with Gasteiger partial charge < -0.3 is 15.2 Å². The van der Waals surface area contributed by atoms with Crippen LogP contribution in [0.5, 0.6) is 0 Å². The van der Waals surface area contributed by atoms with Crippen LogP contribution in [0, 0.1) is 0 Å². The maximum absolute atomic E-state index is 11.9. The first kappa shape index (κ1) is 17.8. The van der Waals surface area contributed by atoms with E-state index in [1.165, 1.54) is 5.56 Å². The molecule has 1 aromatic carbocycles. The van der Waals surface area contributed by atoms with E-state index in [0.717, 1.165) is 25.9 Å². The number of rotatable bonds is 4. The molecular formula is C18H28N2O3. The van der Waals surface area contributed by atoms with Crippen LogP contribution in [0.1, 0.15) is 39.2 Å². The highest BCUT2D eigenvalue weighted by Crippen LogP contribution is 2.20. The van der Waals surface area contributed by atoms with Crippen molar-refractivity contribution in [3.05, 3.63) is 35.9 Å². The van der Waals surface area contributed by atoms with E-state index in [0.29, 0.717) is 0 Å². The molecule has 1 aliphatic rings. The smallest absolute Gasteiger partial charge is 0.407 e. The highest BCUT2D eigenvalue weighted by atomic mass is 16.6. The van der Waals surface area contributed by atoms with Gasteiger partial charge in [0.2, 0.25) is 0 Å². The Balaban J connectivity index is 1.93. The fraction of sp³-hybridized carbons (Fsp3) is 0.611. The molecular weight excluding hydrogens is 292 g/mol. The summed E-state index contributed by atoms with van der Waals surface area (Å²) in [6.45, 7) is 7.22. The summed E-state index contributed by atoms with van der Waals surface area (Å²) in [4.78, 5) is 14.2. The van der Waals surface area contributed by atoms with Crippen LogP contribution in [-0.2, 0) is 11.3 Å². The lowest BCUT2D eigenvalue weighted by molar-refractivity contribution is 0.0378. The molecule has 5 nitrogen and oxygen atoms in total. The molecule has 1 amide bonds. The minimum absolute atomic E-state index is 0.0522. The van der Waals surface area contributed by atoms with Crippen LogP contribution in [0.25, 0.3) is 0 Å². The van der Waals surface area contributed by atoms with E-state index in [-0.39, 0.29) is 24.8 Å². The molecule has 5 heteroatoms. The Morgan fingerprint density at radius 3 is 2.61 bits per heavy atom. The third-order valence-corrected chi connectivity index (χ3v) is 3.98. The van der Waals surface area contributed by atoms with Crippen molar-refractivity contribution in [2.45, 2.75) is 57.8 Å². The summed E-state index contributed by atoms with van der Waals surface area (Å²) >= 11 is 0. The van der Waals surface area contributed by atoms with Crippen molar-refractivity contribution in [3.63, 3.8) is 0 Å². The number of nitrogens with one attached hydrogen (secondary N) is 1. The Bertz CT molecular complexity index is 499. The number of hydrogen-bond acceptors (Lipinski definition) is 4. The van der Waals surface area contributed by atoms with E-state index in [2.05, 4.69) is 22.3 Å². The lowest BCUT2D eigenvalue weighted by Gasteiger charge is -2.39. The number of carbonyl (C=O) groups is 1. The Kier molecular flexibility index (Phi) is 6.02. The summed E-state index contributed by atoms with van der Waals surface area (Å²) in [7, 11) is 0. The van der Waals surface area contributed by atoms with E-state index >= 15 is 0 Å². The number of nitrogens with zero attached hydrogens (tertiary/aromatic N) is 1. The highest BCUT2D eigenvalue weighted by molar-refractivity contribution is 5.68. The number of hydrogen-bond donors (Lipinski definition) is 2. The average Bonchev–Trinajstić information content (AvgIpc) is 2.46. The summed E-state index contributed by atoms with van der Waals surface area (Å²) < 4.78 is 5.33. The molecule has 1 heterocycles. The molecule has 0 aromatic heterocycles. The third kappa shape index (κ3) is 5.84. The van der Waals surface area contributed by atoms with Gasteiger partial charge >= 0.3 is 6.09 Å². The number of benzene rings is 1. The fourth-order valence-corrected chi connectivity index (χ4v) is 2.91. The van der Waals surface area contributed by atoms with Gasteiger partial charge in [-0.15, -0.1) is 0 Å². The number of amides is 1. The second-order valence-corrected chi connectivity index (χ2v) is 7.17. The minimum atomic E-state index is -0.490. The summed E-state index contributed by atoms with van der Waals surface area (Å²) in [5.74, 6) is 0. The van der Waals surface area contributed by atoms with E-state index in [4.69, 9.17) is 4.74 Å². The number of piperidine rings is 1.